The fourth-order valence-corrected chi connectivity index (χ4v) is 1.25. The summed E-state index contributed by atoms with van der Waals surface area (Å²) in [6, 6.07) is 10.7. The minimum Gasteiger partial charge on any atom is -0.475 e. The van der Waals surface area contributed by atoms with Gasteiger partial charge in [-0.3, -0.25) is 0 Å². The van der Waals surface area contributed by atoms with Crippen LogP contribution < -0.4 is 5.32 Å². The van der Waals surface area contributed by atoms with Gasteiger partial charge in [-0.2, -0.15) is 13.2 Å². The van der Waals surface area contributed by atoms with Crippen molar-refractivity contribution in [2.45, 2.75) is 12.1 Å². The number of rotatable bonds is 1. The molecular weight excluding hydrogens is 235 g/mol. The Hall–Kier alpha value is -1.56. The molecule has 0 aliphatic carbocycles. The molecule has 0 amide bonds. The Morgan fingerprint density at radius 1 is 1.24 bits per heavy atom. The van der Waals surface area contributed by atoms with E-state index in [9.17, 15) is 13.2 Å². The molecule has 1 fully saturated rings. The van der Waals surface area contributed by atoms with Crippen molar-refractivity contribution in [1.82, 2.24) is 5.32 Å². The van der Waals surface area contributed by atoms with Gasteiger partial charge in [0.15, 0.2) is 0 Å². The van der Waals surface area contributed by atoms with Gasteiger partial charge in [0.25, 0.3) is 0 Å². The van der Waals surface area contributed by atoms with E-state index in [1.807, 2.05) is 0 Å². The molecule has 1 aromatic carbocycles. The summed E-state index contributed by atoms with van der Waals surface area (Å²) in [4.78, 5) is 8.90. The Kier molecular flexibility index (Phi) is 4.51. The summed E-state index contributed by atoms with van der Waals surface area (Å²) < 4.78 is 31.7. The smallest absolute Gasteiger partial charge is 0.475 e. The number of carboxylic acids is 1. The van der Waals surface area contributed by atoms with Crippen LogP contribution in [0.2, 0.25) is 0 Å². The van der Waals surface area contributed by atoms with Crippen LogP contribution in [0.25, 0.3) is 0 Å². The lowest BCUT2D eigenvalue weighted by Crippen LogP contribution is -2.39. The molecule has 2 N–H and O–H groups in total. The number of hydrogen-bond donors (Lipinski definition) is 2. The van der Waals surface area contributed by atoms with Gasteiger partial charge in [0.1, 0.15) is 0 Å². The van der Waals surface area contributed by atoms with E-state index in [0.717, 1.165) is 19.0 Å². The maximum Gasteiger partial charge on any atom is 0.490 e. The molecule has 0 bridgehead atoms. The number of benzene rings is 1. The topological polar surface area (TPSA) is 49.3 Å². The zero-order valence-corrected chi connectivity index (χ0v) is 8.87. The van der Waals surface area contributed by atoms with Gasteiger partial charge in [-0.25, -0.2) is 4.79 Å². The minimum atomic E-state index is -5.08. The molecule has 0 saturated carbocycles. The van der Waals surface area contributed by atoms with Gasteiger partial charge in [-0.15, -0.1) is 0 Å². The second-order valence-electron chi connectivity index (χ2n) is 3.57. The van der Waals surface area contributed by atoms with Crippen LogP contribution >= 0.6 is 0 Å². The largest absolute Gasteiger partial charge is 0.490 e. The van der Waals surface area contributed by atoms with E-state index in [0.29, 0.717) is 0 Å². The van der Waals surface area contributed by atoms with Crippen LogP contribution in [0.5, 0.6) is 0 Å². The molecule has 17 heavy (non-hydrogen) atoms. The van der Waals surface area contributed by atoms with Crippen LogP contribution in [0.1, 0.15) is 11.5 Å². The van der Waals surface area contributed by atoms with Crippen molar-refractivity contribution >= 4 is 5.97 Å². The summed E-state index contributed by atoms with van der Waals surface area (Å²) in [6.07, 6.45) is -5.08. The molecule has 1 saturated heterocycles. The summed E-state index contributed by atoms with van der Waals surface area (Å²) in [6.45, 7) is 2.31. The summed E-state index contributed by atoms with van der Waals surface area (Å²) in [5.41, 5.74) is 1.47. The monoisotopic (exact) mass is 247 g/mol. The molecule has 1 aromatic rings. The number of alkyl halides is 3. The first kappa shape index (κ1) is 13.5. The van der Waals surface area contributed by atoms with Crippen molar-refractivity contribution < 1.29 is 23.1 Å². The molecule has 0 unspecified atom stereocenters. The lowest BCUT2D eigenvalue weighted by Gasteiger charge is -2.27. The van der Waals surface area contributed by atoms with Crippen LogP contribution in [0.15, 0.2) is 30.3 Å². The van der Waals surface area contributed by atoms with Gasteiger partial charge in [0.05, 0.1) is 0 Å². The third-order valence-corrected chi connectivity index (χ3v) is 2.29. The molecule has 6 heteroatoms. The molecule has 1 heterocycles. The highest BCUT2D eigenvalue weighted by atomic mass is 19.4. The SMILES string of the molecule is O=C(O)C(F)(F)F.c1ccc(C2CNC2)cc1. The van der Waals surface area contributed by atoms with E-state index in [-0.39, 0.29) is 0 Å². The second kappa shape index (κ2) is 5.67. The predicted octanol–water partition coefficient (Wildman–Crippen LogP) is 2.01. The van der Waals surface area contributed by atoms with E-state index in [1.54, 1.807) is 0 Å². The van der Waals surface area contributed by atoms with Crippen molar-refractivity contribution in [3.63, 3.8) is 0 Å². The number of hydrogen-bond acceptors (Lipinski definition) is 2. The Bertz CT molecular complexity index is 361. The van der Waals surface area contributed by atoms with Crippen LogP contribution in [-0.4, -0.2) is 30.3 Å². The Balaban J connectivity index is 0.000000185. The molecule has 1 aliphatic rings. The van der Waals surface area contributed by atoms with Gasteiger partial charge in [0.2, 0.25) is 0 Å². The number of carboxylic acid groups (broad SMARTS) is 1. The van der Waals surface area contributed by atoms with Crippen molar-refractivity contribution in [2.75, 3.05) is 13.1 Å². The highest BCUT2D eigenvalue weighted by molar-refractivity contribution is 5.73. The Morgan fingerprint density at radius 2 is 1.71 bits per heavy atom. The zero-order valence-electron chi connectivity index (χ0n) is 8.87. The molecule has 94 valence electrons. The second-order valence-corrected chi connectivity index (χ2v) is 3.57. The summed E-state index contributed by atoms with van der Waals surface area (Å²) in [5.74, 6) is -1.98. The van der Waals surface area contributed by atoms with Gasteiger partial charge in [-0.05, 0) is 5.56 Å². The maximum absolute atomic E-state index is 10.6. The summed E-state index contributed by atoms with van der Waals surface area (Å²) >= 11 is 0. The number of carbonyl (C=O) groups is 1. The minimum absolute atomic E-state index is 0.779. The molecule has 0 aromatic heterocycles. The van der Waals surface area contributed by atoms with E-state index >= 15 is 0 Å². The first-order valence-electron chi connectivity index (χ1n) is 4.97. The Labute approximate surface area is 96.3 Å². The van der Waals surface area contributed by atoms with Crippen molar-refractivity contribution in [1.29, 1.82) is 0 Å². The first-order valence-corrected chi connectivity index (χ1v) is 4.97. The number of nitrogens with one attached hydrogen (secondary N) is 1. The molecule has 0 spiro atoms. The summed E-state index contributed by atoms with van der Waals surface area (Å²) in [7, 11) is 0. The highest BCUT2D eigenvalue weighted by Crippen LogP contribution is 2.18. The van der Waals surface area contributed by atoms with Crippen LogP contribution in [-0.2, 0) is 4.79 Å². The number of halogens is 3. The lowest BCUT2D eigenvalue weighted by molar-refractivity contribution is -0.192. The standard InChI is InChI=1S/C9H11N.C2HF3O2/c1-2-4-8(5-3-1)9-6-10-7-9;3-2(4,5)1(6)7/h1-5,9-10H,6-7H2;(H,6,7). The normalized spacial score (nSPS) is 15.5. The Morgan fingerprint density at radius 3 is 2.00 bits per heavy atom. The summed E-state index contributed by atoms with van der Waals surface area (Å²) in [5, 5.41) is 10.4. The fraction of sp³-hybridized carbons (Fsp3) is 0.364. The van der Waals surface area contributed by atoms with Crippen LogP contribution in [0.4, 0.5) is 13.2 Å². The molecular formula is C11H12F3NO2. The van der Waals surface area contributed by atoms with Gasteiger partial charge >= 0.3 is 12.1 Å². The first-order chi connectivity index (χ1) is 7.91. The molecule has 3 nitrogen and oxygen atoms in total. The third kappa shape index (κ3) is 4.44. The van der Waals surface area contributed by atoms with Gasteiger partial charge < -0.3 is 10.4 Å². The highest BCUT2D eigenvalue weighted by Gasteiger charge is 2.38. The zero-order chi connectivity index (χ0) is 12.9. The van der Waals surface area contributed by atoms with Crippen molar-refractivity contribution in [3.05, 3.63) is 35.9 Å². The maximum atomic E-state index is 10.6. The quantitative estimate of drug-likeness (QED) is 0.798. The predicted molar refractivity (Wildman–Crippen MR) is 55.7 cm³/mol. The molecule has 0 radical (unpaired) electrons. The average Bonchev–Trinajstić information content (AvgIpc) is 2.16. The van der Waals surface area contributed by atoms with E-state index in [1.165, 1.54) is 5.56 Å². The van der Waals surface area contributed by atoms with E-state index in [4.69, 9.17) is 9.90 Å². The van der Waals surface area contributed by atoms with Crippen LogP contribution in [0, 0.1) is 0 Å². The van der Waals surface area contributed by atoms with Crippen molar-refractivity contribution in [2.24, 2.45) is 0 Å². The molecule has 0 atom stereocenters. The van der Waals surface area contributed by atoms with E-state index < -0.39 is 12.1 Å². The molecule has 1 aliphatic heterocycles. The molecule has 2 rings (SSSR count). The van der Waals surface area contributed by atoms with Crippen LogP contribution in [0.3, 0.4) is 0 Å². The van der Waals surface area contributed by atoms with E-state index in [2.05, 4.69) is 35.6 Å². The number of aliphatic carboxylic acids is 1. The lowest BCUT2D eigenvalue weighted by atomic mass is 9.94. The van der Waals surface area contributed by atoms with Gasteiger partial charge in [0, 0.05) is 19.0 Å². The van der Waals surface area contributed by atoms with Crippen molar-refractivity contribution in [3.8, 4) is 0 Å². The average molecular weight is 247 g/mol. The fourth-order valence-electron chi connectivity index (χ4n) is 1.25. The van der Waals surface area contributed by atoms with Gasteiger partial charge in [-0.1, -0.05) is 30.3 Å². The third-order valence-electron chi connectivity index (χ3n) is 2.29.